The predicted octanol–water partition coefficient (Wildman–Crippen LogP) is 1.29. The summed E-state index contributed by atoms with van der Waals surface area (Å²) in [5, 5.41) is 8.63. The Morgan fingerprint density at radius 2 is 2.17 bits per heavy atom. The lowest BCUT2D eigenvalue weighted by Crippen LogP contribution is -2.34. The van der Waals surface area contributed by atoms with Crippen molar-refractivity contribution in [1.29, 1.82) is 5.26 Å². The molecule has 6 heteroatoms. The van der Waals surface area contributed by atoms with E-state index in [1.54, 1.807) is 6.92 Å². The van der Waals surface area contributed by atoms with Crippen molar-refractivity contribution in [2.75, 3.05) is 12.9 Å². The normalized spacial score (nSPS) is 26.1. The molecule has 1 fully saturated rings. The second-order valence-corrected chi connectivity index (χ2v) is 7.06. The molecule has 0 amide bonds. The lowest BCUT2D eigenvalue weighted by molar-refractivity contribution is -0.148. The molecule has 5 nitrogen and oxygen atoms in total. The number of sulfone groups is 1. The van der Waals surface area contributed by atoms with Gasteiger partial charge in [0, 0.05) is 6.26 Å². The second-order valence-electron chi connectivity index (χ2n) is 4.74. The molecule has 0 radical (unpaired) electrons. The van der Waals surface area contributed by atoms with Gasteiger partial charge in [-0.15, -0.1) is 0 Å². The molecule has 102 valence electrons. The van der Waals surface area contributed by atoms with E-state index in [0.29, 0.717) is 19.3 Å². The SMILES string of the molecule is CCOC(=O)C(C#N)C1CCCC(S(C)(=O)=O)C1. The van der Waals surface area contributed by atoms with Crippen molar-refractivity contribution in [1.82, 2.24) is 0 Å². The molecule has 3 unspecified atom stereocenters. The van der Waals surface area contributed by atoms with Crippen LogP contribution >= 0.6 is 0 Å². The number of esters is 1. The summed E-state index contributed by atoms with van der Waals surface area (Å²) in [6.07, 6.45) is 3.67. The molecular weight excluding hydrogens is 254 g/mol. The minimum Gasteiger partial charge on any atom is -0.465 e. The maximum Gasteiger partial charge on any atom is 0.323 e. The molecule has 0 bridgehead atoms. The van der Waals surface area contributed by atoms with Gasteiger partial charge in [-0.1, -0.05) is 6.42 Å². The number of carbonyl (C=O) groups is 1. The Hall–Kier alpha value is -1.09. The molecule has 0 aromatic heterocycles. The molecule has 0 heterocycles. The first kappa shape index (κ1) is 15.0. The van der Waals surface area contributed by atoms with E-state index in [0.717, 1.165) is 6.42 Å². The first-order chi connectivity index (χ1) is 8.40. The van der Waals surface area contributed by atoms with Crippen molar-refractivity contribution in [2.45, 2.75) is 37.9 Å². The van der Waals surface area contributed by atoms with Crippen molar-refractivity contribution in [3.8, 4) is 6.07 Å². The number of hydrogen-bond donors (Lipinski definition) is 0. The van der Waals surface area contributed by atoms with Gasteiger partial charge in [0.25, 0.3) is 0 Å². The predicted molar refractivity (Wildman–Crippen MR) is 66.3 cm³/mol. The quantitative estimate of drug-likeness (QED) is 0.721. The molecule has 1 rings (SSSR count). The summed E-state index contributed by atoms with van der Waals surface area (Å²) in [7, 11) is -3.10. The van der Waals surface area contributed by atoms with Crippen LogP contribution in [0.4, 0.5) is 0 Å². The standard InChI is InChI=1S/C12H19NO4S/c1-3-17-12(14)11(8-13)9-5-4-6-10(7-9)18(2,15)16/h9-11H,3-7H2,1-2H3. The zero-order valence-corrected chi connectivity index (χ0v) is 11.6. The van der Waals surface area contributed by atoms with Crippen LogP contribution in [0.25, 0.3) is 0 Å². The molecule has 18 heavy (non-hydrogen) atoms. The second kappa shape index (κ2) is 6.19. The average molecular weight is 273 g/mol. The van der Waals surface area contributed by atoms with Gasteiger partial charge in [-0.25, -0.2) is 8.42 Å². The van der Waals surface area contributed by atoms with Gasteiger partial charge in [-0.05, 0) is 32.1 Å². The maximum absolute atomic E-state index is 11.6. The summed E-state index contributed by atoms with van der Waals surface area (Å²) in [6.45, 7) is 1.92. The van der Waals surface area contributed by atoms with E-state index in [4.69, 9.17) is 10.00 Å². The number of carbonyl (C=O) groups excluding carboxylic acids is 1. The third kappa shape index (κ3) is 3.70. The molecular formula is C12H19NO4S. The Morgan fingerprint density at radius 1 is 1.50 bits per heavy atom. The smallest absolute Gasteiger partial charge is 0.323 e. The number of ether oxygens (including phenoxy) is 1. The van der Waals surface area contributed by atoms with Gasteiger partial charge in [-0.2, -0.15) is 5.26 Å². The summed E-state index contributed by atoms with van der Waals surface area (Å²) < 4.78 is 27.9. The summed E-state index contributed by atoms with van der Waals surface area (Å²) in [5.41, 5.74) is 0. The number of nitrogens with zero attached hydrogens (tertiary/aromatic N) is 1. The number of hydrogen-bond acceptors (Lipinski definition) is 5. The fourth-order valence-corrected chi connectivity index (χ4v) is 3.65. The third-order valence-electron chi connectivity index (χ3n) is 3.42. The minimum atomic E-state index is -3.10. The number of nitriles is 1. The van der Waals surface area contributed by atoms with E-state index < -0.39 is 27.0 Å². The van der Waals surface area contributed by atoms with Crippen molar-refractivity contribution < 1.29 is 17.9 Å². The van der Waals surface area contributed by atoms with Gasteiger partial charge in [-0.3, -0.25) is 4.79 Å². The maximum atomic E-state index is 11.6. The lowest BCUT2D eigenvalue weighted by atomic mass is 9.80. The van der Waals surface area contributed by atoms with E-state index in [9.17, 15) is 13.2 Å². The summed E-state index contributed by atoms with van der Waals surface area (Å²) in [4.78, 5) is 11.6. The van der Waals surface area contributed by atoms with Gasteiger partial charge in [0.05, 0.1) is 17.9 Å². The largest absolute Gasteiger partial charge is 0.465 e. The highest BCUT2D eigenvalue weighted by Gasteiger charge is 2.36. The molecule has 1 saturated carbocycles. The van der Waals surface area contributed by atoms with Gasteiger partial charge in [0.15, 0.2) is 0 Å². The van der Waals surface area contributed by atoms with Crippen LogP contribution in [0.1, 0.15) is 32.6 Å². The summed E-state index contributed by atoms with van der Waals surface area (Å²) in [6, 6.07) is 1.96. The van der Waals surface area contributed by atoms with Crippen LogP contribution in [-0.4, -0.2) is 32.5 Å². The Bertz CT molecular complexity index is 437. The Labute approximate surface area is 108 Å². The highest BCUT2D eigenvalue weighted by molar-refractivity contribution is 7.91. The van der Waals surface area contributed by atoms with Crippen LogP contribution in [0.15, 0.2) is 0 Å². The fraction of sp³-hybridized carbons (Fsp3) is 0.833. The Kier molecular flexibility index (Phi) is 5.15. The summed E-state index contributed by atoms with van der Waals surface area (Å²) >= 11 is 0. The van der Waals surface area contributed by atoms with Crippen molar-refractivity contribution >= 4 is 15.8 Å². The lowest BCUT2D eigenvalue weighted by Gasteiger charge is -2.29. The average Bonchev–Trinajstić information content (AvgIpc) is 2.29. The topological polar surface area (TPSA) is 84.2 Å². The van der Waals surface area contributed by atoms with Gasteiger partial charge >= 0.3 is 5.97 Å². The highest BCUT2D eigenvalue weighted by atomic mass is 32.2. The molecule has 0 aromatic carbocycles. The van der Waals surface area contributed by atoms with Crippen LogP contribution in [0.5, 0.6) is 0 Å². The zero-order chi connectivity index (χ0) is 13.8. The van der Waals surface area contributed by atoms with Crippen molar-refractivity contribution in [3.05, 3.63) is 0 Å². The van der Waals surface area contributed by atoms with E-state index in [1.165, 1.54) is 6.26 Å². The monoisotopic (exact) mass is 273 g/mol. The molecule has 1 aliphatic carbocycles. The van der Waals surface area contributed by atoms with E-state index in [1.807, 2.05) is 6.07 Å². The molecule has 1 aliphatic rings. The van der Waals surface area contributed by atoms with Crippen LogP contribution in [0, 0.1) is 23.2 Å². The summed E-state index contributed by atoms with van der Waals surface area (Å²) in [5.74, 6) is -1.57. The van der Waals surface area contributed by atoms with Gasteiger partial charge < -0.3 is 4.74 Å². The number of rotatable bonds is 4. The van der Waals surface area contributed by atoms with Gasteiger partial charge in [0.1, 0.15) is 15.8 Å². The van der Waals surface area contributed by atoms with Crippen LogP contribution in [0.2, 0.25) is 0 Å². The zero-order valence-electron chi connectivity index (χ0n) is 10.8. The third-order valence-corrected chi connectivity index (χ3v) is 5.06. The minimum absolute atomic E-state index is 0.206. The molecule has 0 saturated heterocycles. The highest BCUT2D eigenvalue weighted by Crippen LogP contribution is 2.33. The van der Waals surface area contributed by atoms with Crippen molar-refractivity contribution in [2.24, 2.45) is 11.8 Å². The fourth-order valence-electron chi connectivity index (χ4n) is 2.46. The van der Waals surface area contributed by atoms with Crippen molar-refractivity contribution in [3.63, 3.8) is 0 Å². The van der Waals surface area contributed by atoms with E-state index >= 15 is 0 Å². The van der Waals surface area contributed by atoms with Gasteiger partial charge in [0.2, 0.25) is 0 Å². The first-order valence-electron chi connectivity index (χ1n) is 6.15. The molecule has 0 aliphatic heterocycles. The first-order valence-corrected chi connectivity index (χ1v) is 8.10. The molecule has 0 N–H and O–H groups in total. The molecule has 0 aromatic rings. The van der Waals surface area contributed by atoms with Crippen LogP contribution < -0.4 is 0 Å². The van der Waals surface area contributed by atoms with E-state index in [2.05, 4.69) is 0 Å². The molecule has 0 spiro atoms. The van der Waals surface area contributed by atoms with Crippen LogP contribution in [-0.2, 0) is 19.4 Å². The van der Waals surface area contributed by atoms with Crippen LogP contribution in [0.3, 0.4) is 0 Å². The Morgan fingerprint density at radius 3 is 2.67 bits per heavy atom. The molecule has 3 atom stereocenters. The van der Waals surface area contributed by atoms with E-state index in [-0.39, 0.29) is 12.5 Å². The Balaban J connectivity index is 2.76.